The summed E-state index contributed by atoms with van der Waals surface area (Å²) in [5.41, 5.74) is -0.313. The predicted molar refractivity (Wildman–Crippen MR) is 75.5 cm³/mol. The van der Waals surface area contributed by atoms with Crippen LogP contribution in [0.5, 0.6) is 0 Å². The SMILES string of the molecule is CCCCCS(=O)NC(C(=O)OCC)C(C)(C)C. The van der Waals surface area contributed by atoms with Crippen LogP contribution in [0.4, 0.5) is 0 Å². The van der Waals surface area contributed by atoms with Gasteiger partial charge in [-0.2, -0.15) is 0 Å². The van der Waals surface area contributed by atoms with Crippen molar-refractivity contribution in [3.8, 4) is 0 Å². The van der Waals surface area contributed by atoms with E-state index in [0.717, 1.165) is 19.3 Å². The Morgan fingerprint density at radius 3 is 2.33 bits per heavy atom. The Morgan fingerprint density at radius 1 is 1.28 bits per heavy atom. The van der Waals surface area contributed by atoms with Gasteiger partial charge >= 0.3 is 5.97 Å². The van der Waals surface area contributed by atoms with E-state index in [2.05, 4.69) is 11.6 Å². The van der Waals surface area contributed by atoms with Gasteiger partial charge in [-0.15, -0.1) is 0 Å². The zero-order valence-corrected chi connectivity index (χ0v) is 13.1. The third-order valence-corrected chi connectivity index (χ3v) is 3.73. The summed E-state index contributed by atoms with van der Waals surface area (Å²) in [5.74, 6) is 0.258. The van der Waals surface area contributed by atoms with Crippen molar-refractivity contribution in [2.24, 2.45) is 5.41 Å². The molecule has 2 atom stereocenters. The van der Waals surface area contributed by atoms with Gasteiger partial charge < -0.3 is 4.74 Å². The molecule has 1 N–H and O–H groups in total. The molecule has 0 aromatic rings. The van der Waals surface area contributed by atoms with Gasteiger partial charge in [0.25, 0.3) is 0 Å². The first kappa shape index (κ1) is 17.6. The van der Waals surface area contributed by atoms with Crippen LogP contribution >= 0.6 is 0 Å². The Labute approximate surface area is 113 Å². The van der Waals surface area contributed by atoms with Gasteiger partial charge in [0.1, 0.15) is 6.04 Å². The van der Waals surface area contributed by atoms with Gasteiger partial charge in [0.2, 0.25) is 0 Å². The molecule has 18 heavy (non-hydrogen) atoms. The topological polar surface area (TPSA) is 55.4 Å². The number of carbonyl (C=O) groups excluding carboxylic acids is 1. The van der Waals surface area contributed by atoms with Crippen LogP contribution < -0.4 is 4.72 Å². The first-order chi connectivity index (χ1) is 8.32. The predicted octanol–water partition coefficient (Wildman–Crippen LogP) is 2.41. The molecule has 0 aromatic carbocycles. The Morgan fingerprint density at radius 2 is 1.89 bits per heavy atom. The van der Waals surface area contributed by atoms with Crippen LogP contribution in [0.2, 0.25) is 0 Å². The van der Waals surface area contributed by atoms with Crippen molar-refractivity contribution in [1.82, 2.24) is 4.72 Å². The molecule has 0 aliphatic rings. The fourth-order valence-corrected chi connectivity index (χ4v) is 2.77. The van der Waals surface area contributed by atoms with Gasteiger partial charge in [0.05, 0.1) is 17.6 Å². The molecule has 0 spiro atoms. The number of esters is 1. The lowest BCUT2D eigenvalue weighted by molar-refractivity contribution is -0.147. The number of carbonyl (C=O) groups is 1. The third-order valence-electron chi connectivity index (χ3n) is 2.57. The molecule has 2 unspecified atom stereocenters. The third kappa shape index (κ3) is 7.11. The van der Waals surface area contributed by atoms with Gasteiger partial charge in [-0.05, 0) is 18.8 Å². The molecule has 4 nitrogen and oxygen atoms in total. The number of unbranched alkanes of at least 4 members (excludes halogenated alkanes) is 2. The van der Waals surface area contributed by atoms with Crippen LogP contribution in [-0.4, -0.2) is 28.6 Å². The normalized spacial score (nSPS) is 15.2. The second-order valence-corrected chi connectivity index (χ2v) is 6.76. The summed E-state index contributed by atoms with van der Waals surface area (Å²) in [7, 11) is -1.17. The molecule has 0 rings (SSSR count). The lowest BCUT2D eigenvalue weighted by atomic mass is 9.87. The highest BCUT2D eigenvalue weighted by atomic mass is 32.2. The maximum Gasteiger partial charge on any atom is 0.324 e. The highest BCUT2D eigenvalue weighted by Gasteiger charge is 2.33. The average Bonchev–Trinajstić information content (AvgIpc) is 2.25. The number of rotatable bonds is 8. The van der Waals surface area contributed by atoms with Gasteiger partial charge in [-0.3, -0.25) is 4.79 Å². The first-order valence-corrected chi connectivity index (χ1v) is 7.96. The number of nitrogens with one attached hydrogen (secondary N) is 1. The van der Waals surface area contributed by atoms with E-state index in [4.69, 9.17) is 4.74 Å². The second kappa shape index (κ2) is 8.64. The summed E-state index contributed by atoms with van der Waals surface area (Å²) in [5, 5.41) is 0. The van der Waals surface area contributed by atoms with Crippen LogP contribution in [-0.2, 0) is 20.5 Å². The molecule has 0 aliphatic heterocycles. The van der Waals surface area contributed by atoms with Crippen molar-refractivity contribution in [3.05, 3.63) is 0 Å². The maximum absolute atomic E-state index is 11.9. The zero-order chi connectivity index (χ0) is 14.2. The first-order valence-electron chi connectivity index (χ1n) is 6.64. The molecule has 0 radical (unpaired) electrons. The minimum absolute atomic E-state index is 0.313. The quantitative estimate of drug-likeness (QED) is 0.547. The molecule has 0 amide bonds. The molecule has 0 saturated carbocycles. The lowest BCUT2D eigenvalue weighted by Crippen LogP contribution is -2.48. The summed E-state index contributed by atoms with van der Waals surface area (Å²) in [4.78, 5) is 11.8. The van der Waals surface area contributed by atoms with E-state index >= 15 is 0 Å². The maximum atomic E-state index is 11.9. The fourth-order valence-electron chi connectivity index (χ4n) is 1.48. The van der Waals surface area contributed by atoms with Crippen molar-refractivity contribution in [1.29, 1.82) is 0 Å². The van der Waals surface area contributed by atoms with Crippen molar-refractivity contribution in [3.63, 3.8) is 0 Å². The fraction of sp³-hybridized carbons (Fsp3) is 0.923. The average molecular weight is 277 g/mol. The summed E-state index contributed by atoms with van der Waals surface area (Å²) < 4.78 is 19.8. The second-order valence-electron chi connectivity index (χ2n) is 5.43. The Bertz CT molecular complexity index is 274. The van der Waals surface area contributed by atoms with E-state index in [-0.39, 0.29) is 11.4 Å². The minimum Gasteiger partial charge on any atom is -0.465 e. The summed E-state index contributed by atoms with van der Waals surface area (Å²) in [6.45, 7) is 10.0. The summed E-state index contributed by atoms with van der Waals surface area (Å²) in [6, 6.07) is -0.528. The minimum atomic E-state index is -1.17. The van der Waals surface area contributed by atoms with E-state index in [1.165, 1.54) is 0 Å². The van der Waals surface area contributed by atoms with Crippen molar-refractivity contribution in [2.45, 2.75) is 59.9 Å². The summed E-state index contributed by atoms with van der Waals surface area (Å²) in [6.07, 6.45) is 3.07. The van der Waals surface area contributed by atoms with E-state index in [1.807, 2.05) is 20.8 Å². The highest BCUT2D eigenvalue weighted by molar-refractivity contribution is 7.83. The number of hydrogen-bond donors (Lipinski definition) is 1. The van der Waals surface area contributed by atoms with Crippen molar-refractivity contribution >= 4 is 17.0 Å². The van der Waals surface area contributed by atoms with Gasteiger partial charge in [-0.1, -0.05) is 40.5 Å². The highest BCUT2D eigenvalue weighted by Crippen LogP contribution is 2.21. The number of ether oxygens (including phenoxy) is 1. The van der Waals surface area contributed by atoms with Crippen LogP contribution in [0.15, 0.2) is 0 Å². The van der Waals surface area contributed by atoms with Crippen LogP contribution in [0.3, 0.4) is 0 Å². The largest absolute Gasteiger partial charge is 0.465 e. The van der Waals surface area contributed by atoms with E-state index in [1.54, 1.807) is 6.92 Å². The lowest BCUT2D eigenvalue weighted by Gasteiger charge is -2.28. The molecule has 0 aliphatic carbocycles. The molecule has 5 heteroatoms. The van der Waals surface area contributed by atoms with Gasteiger partial charge in [-0.25, -0.2) is 8.93 Å². The molecule has 108 valence electrons. The van der Waals surface area contributed by atoms with Crippen molar-refractivity contribution in [2.75, 3.05) is 12.4 Å². The molecule has 0 aromatic heterocycles. The molecule has 0 saturated heterocycles. The van der Waals surface area contributed by atoms with E-state index in [0.29, 0.717) is 12.4 Å². The van der Waals surface area contributed by atoms with Crippen LogP contribution in [0.1, 0.15) is 53.9 Å². The van der Waals surface area contributed by atoms with Crippen LogP contribution in [0, 0.1) is 5.41 Å². The Kier molecular flexibility index (Phi) is 8.44. The number of hydrogen-bond acceptors (Lipinski definition) is 3. The van der Waals surface area contributed by atoms with Gasteiger partial charge in [0, 0.05) is 5.75 Å². The summed E-state index contributed by atoms with van der Waals surface area (Å²) >= 11 is 0. The smallest absolute Gasteiger partial charge is 0.324 e. The molecule has 0 bridgehead atoms. The monoisotopic (exact) mass is 277 g/mol. The zero-order valence-electron chi connectivity index (χ0n) is 12.2. The van der Waals surface area contributed by atoms with E-state index < -0.39 is 17.0 Å². The van der Waals surface area contributed by atoms with Crippen LogP contribution in [0.25, 0.3) is 0 Å². The van der Waals surface area contributed by atoms with E-state index in [9.17, 15) is 9.00 Å². The molecular weight excluding hydrogens is 250 g/mol. The standard InChI is InChI=1S/C13H27NO3S/c1-6-8-9-10-18(16)14-11(13(3,4)5)12(15)17-7-2/h11,14H,6-10H2,1-5H3. The van der Waals surface area contributed by atoms with Gasteiger partial charge in [0.15, 0.2) is 0 Å². The molecular formula is C13H27NO3S. The Balaban J connectivity index is 4.42. The Hall–Kier alpha value is -0.420. The molecule has 0 heterocycles. The van der Waals surface area contributed by atoms with Crippen molar-refractivity contribution < 1.29 is 13.7 Å². The molecule has 0 fully saturated rings.